The topological polar surface area (TPSA) is 40.5 Å². The molecule has 22 heavy (non-hydrogen) atoms. The average molecular weight is 302 g/mol. The minimum absolute atomic E-state index is 0.0411. The van der Waals surface area contributed by atoms with E-state index >= 15 is 0 Å². The summed E-state index contributed by atoms with van der Waals surface area (Å²) in [6.07, 6.45) is 3.84. The van der Waals surface area contributed by atoms with Gasteiger partial charge >= 0.3 is 0 Å². The van der Waals surface area contributed by atoms with Gasteiger partial charge in [0.15, 0.2) is 0 Å². The molecule has 2 heteroatoms. The average Bonchev–Trinajstić information content (AvgIpc) is 2.42. The number of hydrogen-bond acceptors (Lipinski definition) is 2. The molecule has 1 unspecified atom stereocenters. The first kappa shape index (κ1) is 15.9. The summed E-state index contributed by atoms with van der Waals surface area (Å²) in [5.41, 5.74) is 4.01. The molecule has 1 aromatic rings. The van der Waals surface area contributed by atoms with E-state index < -0.39 is 0 Å². The lowest BCUT2D eigenvalue weighted by Gasteiger charge is -2.56. The zero-order chi connectivity index (χ0) is 16.3. The minimum atomic E-state index is -0.200. The molecule has 3 rings (SSSR count). The molecular weight excluding hydrogens is 272 g/mol. The molecule has 1 saturated carbocycles. The van der Waals surface area contributed by atoms with Crippen molar-refractivity contribution in [1.82, 2.24) is 0 Å². The molecule has 0 bridgehead atoms. The highest BCUT2D eigenvalue weighted by Crippen LogP contribution is 2.58. The fourth-order valence-corrected chi connectivity index (χ4v) is 5.44. The molecule has 2 aliphatic carbocycles. The normalized spacial score (nSPS) is 33.4. The van der Waals surface area contributed by atoms with E-state index in [0.29, 0.717) is 17.6 Å². The third-order valence-corrected chi connectivity index (χ3v) is 6.67. The van der Waals surface area contributed by atoms with Crippen LogP contribution in [-0.2, 0) is 11.8 Å². The van der Waals surface area contributed by atoms with Crippen LogP contribution in [0.15, 0.2) is 12.1 Å². The highest BCUT2D eigenvalue weighted by atomic mass is 16.3. The van der Waals surface area contributed by atoms with Crippen molar-refractivity contribution in [3.8, 4) is 5.75 Å². The lowest BCUT2D eigenvalue weighted by atomic mass is 9.49. The predicted octanol–water partition coefficient (Wildman–Crippen LogP) is 4.52. The number of hydrogen-bond donors (Lipinski definition) is 2. The molecule has 0 amide bonds. The third kappa shape index (κ3) is 2.03. The van der Waals surface area contributed by atoms with E-state index in [9.17, 15) is 10.2 Å². The van der Waals surface area contributed by atoms with Crippen molar-refractivity contribution in [1.29, 1.82) is 0 Å². The number of rotatable bonds is 1. The molecule has 122 valence electrons. The van der Waals surface area contributed by atoms with Gasteiger partial charge in [-0.15, -0.1) is 0 Å². The Hall–Kier alpha value is -1.02. The summed E-state index contributed by atoms with van der Waals surface area (Å²) in [7, 11) is 0. The highest BCUT2D eigenvalue weighted by Gasteiger charge is 2.53. The van der Waals surface area contributed by atoms with Crippen molar-refractivity contribution in [3.63, 3.8) is 0 Å². The lowest BCUT2D eigenvalue weighted by Crippen LogP contribution is -2.54. The number of aromatic hydroxyl groups is 1. The van der Waals surface area contributed by atoms with Crippen LogP contribution in [0.25, 0.3) is 0 Å². The first-order valence-corrected chi connectivity index (χ1v) is 8.73. The summed E-state index contributed by atoms with van der Waals surface area (Å²) >= 11 is 0. The maximum absolute atomic E-state index is 10.5. The molecule has 2 aliphatic rings. The summed E-state index contributed by atoms with van der Waals surface area (Å²) in [6, 6.07) is 4.04. The fraction of sp³-hybridized carbons (Fsp3) is 0.700. The van der Waals surface area contributed by atoms with Gasteiger partial charge in [0.1, 0.15) is 5.75 Å². The molecule has 1 fully saturated rings. The molecular formula is C20H30O2. The number of aliphatic hydroxyl groups excluding tert-OH is 1. The molecule has 2 N–H and O–H groups in total. The second-order valence-corrected chi connectivity index (χ2v) is 8.56. The quantitative estimate of drug-likeness (QED) is 0.801. The van der Waals surface area contributed by atoms with Crippen molar-refractivity contribution in [2.45, 2.75) is 77.7 Å². The zero-order valence-electron chi connectivity index (χ0n) is 14.6. The van der Waals surface area contributed by atoms with Crippen LogP contribution in [0.1, 0.15) is 76.5 Å². The van der Waals surface area contributed by atoms with Gasteiger partial charge in [-0.2, -0.15) is 0 Å². The van der Waals surface area contributed by atoms with Crippen LogP contribution in [-0.4, -0.2) is 16.3 Å². The molecule has 0 aliphatic heterocycles. The fourth-order valence-electron chi connectivity index (χ4n) is 5.44. The summed E-state index contributed by atoms with van der Waals surface area (Å²) in [5.74, 6) is 1.30. The van der Waals surface area contributed by atoms with Gasteiger partial charge in [-0.25, -0.2) is 0 Å². The lowest BCUT2D eigenvalue weighted by molar-refractivity contribution is -0.0731. The molecule has 0 spiro atoms. The molecule has 0 heterocycles. The van der Waals surface area contributed by atoms with Crippen LogP contribution in [0, 0.1) is 11.3 Å². The molecule has 2 nitrogen and oxygen atoms in total. The van der Waals surface area contributed by atoms with E-state index in [1.807, 2.05) is 6.07 Å². The van der Waals surface area contributed by atoms with Gasteiger partial charge in [-0.3, -0.25) is 0 Å². The zero-order valence-corrected chi connectivity index (χ0v) is 14.6. The number of benzene rings is 1. The van der Waals surface area contributed by atoms with E-state index in [1.54, 1.807) is 0 Å². The summed E-state index contributed by atoms with van der Waals surface area (Å²) in [4.78, 5) is 0. The Morgan fingerprint density at radius 2 is 1.82 bits per heavy atom. The van der Waals surface area contributed by atoms with Crippen LogP contribution in [0.4, 0.5) is 0 Å². The van der Waals surface area contributed by atoms with E-state index in [1.165, 1.54) is 11.1 Å². The van der Waals surface area contributed by atoms with E-state index in [2.05, 4.69) is 40.7 Å². The number of aliphatic hydroxyl groups is 1. The van der Waals surface area contributed by atoms with Crippen LogP contribution < -0.4 is 0 Å². The van der Waals surface area contributed by atoms with Gasteiger partial charge in [0.2, 0.25) is 0 Å². The summed E-state index contributed by atoms with van der Waals surface area (Å²) in [5, 5.41) is 20.8. The van der Waals surface area contributed by atoms with Crippen molar-refractivity contribution in [2.75, 3.05) is 0 Å². The SMILES string of the molecule is CC(C)c1c(O)ccc2c1CC[C@H]1C(C)(C)C(O)CC[C@]21C. The highest BCUT2D eigenvalue weighted by molar-refractivity contribution is 5.51. The Bertz CT molecular complexity index is 588. The standard InChI is InChI=1S/C20H30O2/c1-12(2)18-13-6-9-16-19(3,4)17(22)10-11-20(16,5)14(13)7-8-15(18)21/h7-8,12,16-17,21-22H,6,9-11H2,1-5H3/t16-,17?,20+/m0/s1. The first-order valence-electron chi connectivity index (χ1n) is 8.73. The second-order valence-electron chi connectivity index (χ2n) is 8.56. The Labute approximate surface area is 134 Å². The monoisotopic (exact) mass is 302 g/mol. The summed E-state index contributed by atoms with van der Waals surface area (Å²) < 4.78 is 0. The molecule has 1 aromatic carbocycles. The minimum Gasteiger partial charge on any atom is -0.508 e. The maximum Gasteiger partial charge on any atom is 0.119 e. The van der Waals surface area contributed by atoms with Crippen LogP contribution in [0.3, 0.4) is 0 Å². The predicted molar refractivity (Wildman–Crippen MR) is 90.4 cm³/mol. The van der Waals surface area contributed by atoms with Crippen LogP contribution in [0.5, 0.6) is 5.75 Å². The van der Waals surface area contributed by atoms with Gasteiger partial charge < -0.3 is 10.2 Å². The Morgan fingerprint density at radius 3 is 2.45 bits per heavy atom. The van der Waals surface area contributed by atoms with Crippen molar-refractivity contribution < 1.29 is 10.2 Å². The van der Waals surface area contributed by atoms with Crippen molar-refractivity contribution in [2.24, 2.45) is 11.3 Å². The maximum atomic E-state index is 10.5. The third-order valence-electron chi connectivity index (χ3n) is 6.67. The number of fused-ring (bicyclic) bond motifs is 3. The second kappa shape index (κ2) is 4.99. The largest absolute Gasteiger partial charge is 0.508 e. The Balaban J connectivity index is 2.16. The van der Waals surface area contributed by atoms with E-state index in [-0.39, 0.29) is 16.9 Å². The van der Waals surface area contributed by atoms with Gasteiger partial charge in [-0.05, 0) is 71.1 Å². The van der Waals surface area contributed by atoms with E-state index in [4.69, 9.17) is 0 Å². The molecule has 0 aromatic heterocycles. The Kier molecular flexibility index (Phi) is 3.60. The summed E-state index contributed by atoms with van der Waals surface area (Å²) in [6.45, 7) is 11.2. The smallest absolute Gasteiger partial charge is 0.119 e. The molecule has 3 atom stereocenters. The van der Waals surface area contributed by atoms with Crippen molar-refractivity contribution in [3.05, 3.63) is 28.8 Å². The van der Waals surface area contributed by atoms with Gasteiger partial charge in [0, 0.05) is 0 Å². The van der Waals surface area contributed by atoms with E-state index in [0.717, 1.165) is 31.2 Å². The molecule has 0 saturated heterocycles. The van der Waals surface area contributed by atoms with Gasteiger partial charge in [0.05, 0.1) is 6.10 Å². The van der Waals surface area contributed by atoms with Gasteiger partial charge in [0.25, 0.3) is 0 Å². The Morgan fingerprint density at radius 1 is 1.14 bits per heavy atom. The number of phenolic OH excluding ortho intramolecular Hbond substituents is 1. The van der Waals surface area contributed by atoms with Crippen LogP contribution >= 0.6 is 0 Å². The van der Waals surface area contributed by atoms with Crippen molar-refractivity contribution >= 4 is 0 Å². The first-order chi connectivity index (χ1) is 10.2. The number of phenols is 1. The molecule has 0 radical (unpaired) electrons. The van der Waals surface area contributed by atoms with Gasteiger partial charge in [-0.1, -0.05) is 40.7 Å². The van der Waals surface area contributed by atoms with Crippen LogP contribution in [0.2, 0.25) is 0 Å².